The minimum Gasteiger partial charge on any atom is -0.309 e. The highest BCUT2D eigenvalue weighted by molar-refractivity contribution is 8.01. The van der Waals surface area contributed by atoms with Crippen LogP contribution in [-0.2, 0) is 0 Å². The summed E-state index contributed by atoms with van der Waals surface area (Å²) in [6.45, 7) is 0. The molecular formula is C51H34N4S. The van der Waals surface area contributed by atoms with E-state index in [9.17, 15) is 0 Å². The molecule has 5 heteroatoms. The summed E-state index contributed by atoms with van der Waals surface area (Å²) in [5, 5.41) is 2.78. The number of aromatic nitrogens is 4. The van der Waals surface area contributed by atoms with Gasteiger partial charge in [-0.05, 0) is 58.7 Å². The van der Waals surface area contributed by atoms with Crippen LogP contribution < -0.4 is 0 Å². The number of nitrogens with zero attached hydrogens (tertiary/aromatic N) is 4. The summed E-state index contributed by atoms with van der Waals surface area (Å²) in [5.74, 6) is 2.27. The van der Waals surface area contributed by atoms with Crippen molar-refractivity contribution in [2.45, 2.75) is 16.1 Å². The normalized spacial score (nSPS) is 15.8. The van der Waals surface area contributed by atoms with Crippen LogP contribution in [0.25, 0.3) is 78.4 Å². The van der Waals surface area contributed by atoms with E-state index in [-0.39, 0.29) is 11.2 Å². The van der Waals surface area contributed by atoms with Crippen LogP contribution >= 0.6 is 11.8 Å². The number of benzene rings is 7. The Bertz CT molecular complexity index is 2960. The molecule has 264 valence electrons. The smallest absolute Gasteiger partial charge is 0.164 e. The highest BCUT2D eigenvalue weighted by atomic mass is 32.2. The molecule has 0 amide bonds. The molecule has 0 saturated heterocycles. The van der Waals surface area contributed by atoms with Gasteiger partial charge in [0.25, 0.3) is 0 Å². The van der Waals surface area contributed by atoms with Crippen molar-refractivity contribution in [1.29, 1.82) is 0 Å². The largest absolute Gasteiger partial charge is 0.309 e. The average molecular weight is 735 g/mol. The molecular weight excluding hydrogens is 701 g/mol. The van der Waals surface area contributed by atoms with Crippen molar-refractivity contribution in [3.8, 4) is 51.0 Å². The maximum atomic E-state index is 5.27. The molecule has 0 fully saturated rings. The van der Waals surface area contributed by atoms with E-state index in [1.807, 2.05) is 30.0 Å². The first-order valence-electron chi connectivity index (χ1n) is 19.0. The summed E-state index contributed by atoms with van der Waals surface area (Å²) in [4.78, 5) is 16.8. The van der Waals surface area contributed by atoms with E-state index in [1.165, 1.54) is 43.4 Å². The van der Waals surface area contributed by atoms with Crippen molar-refractivity contribution in [2.75, 3.05) is 0 Å². The van der Waals surface area contributed by atoms with Gasteiger partial charge in [-0.15, -0.1) is 11.8 Å². The van der Waals surface area contributed by atoms with Crippen molar-refractivity contribution in [3.63, 3.8) is 0 Å². The lowest BCUT2D eigenvalue weighted by Gasteiger charge is -2.24. The van der Waals surface area contributed by atoms with Gasteiger partial charge in [-0.3, -0.25) is 0 Å². The maximum Gasteiger partial charge on any atom is 0.164 e. The van der Waals surface area contributed by atoms with Gasteiger partial charge in [0.2, 0.25) is 0 Å². The molecule has 7 aromatic carbocycles. The molecule has 2 unspecified atom stereocenters. The Morgan fingerprint density at radius 3 is 1.84 bits per heavy atom. The van der Waals surface area contributed by atoms with Crippen LogP contribution in [-0.4, -0.2) is 24.8 Å². The Hall–Kier alpha value is -6.82. The van der Waals surface area contributed by atoms with Crippen LogP contribution in [0, 0.1) is 0 Å². The molecule has 0 saturated carbocycles. The molecule has 0 spiro atoms. The second-order valence-corrected chi connectivity index (χ2v) is 15.5. The van der Waals surface area contributed by atoms with E-state index in [1.54, 1.807) is 0 Å². The van der Waals surface area contributed by atoms with E-state index in [4.69, 9.17) is 15.0 Å². The van der Waals surface area contributed by atoms with Crippen molar-refractivity contribution < 1.29 is 0 Å². The summed E-state index contributed by atoms with van der Waals surface area (Å²) < 4.78 is 2.36. The lowest BCUT2D eigenvalue weighted by atomic mass is 9.84. The number of rotatable bonds is 6. The second kappa shape index (κ2) is 13.5. The summed E-state index contributed by atoms with van der Waals surface area (Å²) in [5.41, 5.74) is 12.5. The van der Waals surface area contributed by atoms with Crippen LogP contribution in [0.2, 0.25) is 0 Å². The first-order valence-corrected chi connectivity index (χ1v) is 19.9. The summed E-state index contributed by atoms with van der Waals surface area (Å²) in [6, 6.07) is 62.3. The third-order valence-electron chi connectivity index (χ3n) is 11.0. The standard InChI is InChI=1S/C51H34N4S/c1-3-15-33(16-4-1)39-25-13-26-42-47-43(27-14-30-46(47)56-48(39)42)51-53-49(34-17-5-2-6-18-34)52-50(54-51)37-21-11-19-35(31-37)36-20-12-22-38(32-36)55-44-28-9-7-23-40(44)41-24-8-10-29-45(41)55/h1-32,39,48H. The second-order valence-electron chi connectivity index (χ2n) is 14.3. The Labute approximate surface area is 329 Å². The lowest BCUT2D eigenvalue weighted by molar-refractivity contribution is 0.891. The zero-order chi connectivity index (χ0) is 37.0. The molecule has 2 aliphatic rings. The summed E-state index contributed by atoms with van der Waals surface area (Å²) >= 11 is 1.94. The Morgan fingerprint density at radius 2 is 1.07 bits per heavy atom. The quantitative estimate of drug-likeness (QED) is 0.171. The fraction of sp³-hybridized carbons (Fsp3) is 0.0392. The number of para-hydroxylation sites is 2. The van der Waals surface area contributed by atoms with Gasteiger partial charge in [-0.1, -0.05) is 158 Å². The van der Waals surface area contributed by atoms with Crippen LogP contribution in [0.15, 0.2) is 199 Å². The predicted molar refractivity (Wildman–Crippen MR) is 232 cm³/mol. The Kier molecular flexibility index (Phi) is 7.85. The molecule has 0 radical (unpaired) electrons. The van der Waals surface area contributed by atoms with E-state index in [0.29, 0.717) is 17.5 Å². The van der Waals surface area contributed by atoms with Crippen molar-refractivity contribution in [3.05, 3.63) is 205 Å². The van der Waals surface area contributed by atoms with Crippen molar-refractivity contribution in [2.24, 2.45) is 0 Å². The van der Waals surface area contributed by atoms with Gasteiger partial charge >= 0.3 is 0 Å². The fourth-order valence-corrected chi connectivity index (χ4v) is 9.94. The molecule has 3 heterocycles. The SMILES string of the molecule is C1=CC(c2ccccc2)C2Sc3cccc(-c4nc(-c5ccccc5)nc(-c5cccc(-c6cccc(-n7c8ccccc8c8ccccc87)c6)c5)n4)c3C2=C1. The van der Waals surface area contributed by atoms with Crippen LogP contribution in [0.1, 0.15) is 17.0 Å². The highest BCUT2D eigenvalue weighted by Gasteiger charge is 2.37. The van der Waals surface area contributed by atoms with E-state index < -0.39 is 0 Å². The van der Waals surface area contributed by atoms with Gasteiger partial charge < -0.3 is 4.57 Å². The molecule has 2 aromatic heterocycles. The van der Waals surface area contributed by atoms with Crippen molar-refractivity contribution >= 4 is 39.1 Å². The molecule has 0 bridgehead atoms. The molecule has 11 rings (SSSR count). The van der Waals surface area contributed by atoms with Crippen LogP contribution in [0.4, 0.5) is 0 Å². The molecule has 1 aliphatic carbocycles. The molecule has 2 atom stereocenters. The molecule has 1 aliphatic heterocycles. The van der Waals surface area contributed by atoms with Crippen LogP contribution in [0.3, 0.4) is 0 Å². The van der Waals surface area contributed by atoms with Crippen LogP contribution in [0.5, 0.6) is 0 Å². The summed E-state index contributed by atoms with van der Waals surface area (Å²) in [7, 11) is 0. The monoisotopic (exact) mass is 734 g/mol. The first-order chi connectivity index (χ1) is 27.8. The zero-order valence-corrected chi connectivity index (χ0v) is 31.1. The molecule has 9 aromatic rings. The van der Waals surface area contributed by atoms with E-state index in [0.717, 1.165) is 33.5 Å². The number of hydrogen-bond donors (Lipinski definition) is 0. The summed E-state index contributed by atoms with van der Waals surface area (Å²) in [6.07, 6.45) is 6.83. The van der Waals surface area contributed by atoms with Gasteiger partial charge in [0.1, 0.15) is 0 Å². The Balaban J connectivity index is 1.02. The van der Waals surface area contributed by atoms with Gasteiger partial charge in [0, 0.05) is 54.8 Å². The zero-order valence-electron chi connectivity index (χ0n) is 30.3. The third kappa shape index (κ3) is 5.51. The minimum atomic E-state index is 0.281. The molecule has 56 heavy (non-hydrogen) atoms. The molecule has 0 N–H and O–H groups in total. The third-order valence-corrected chi connectivity index (χ3v) is 12.4. The van der Waals surface area contributed by atoms with E-state index in [2.05, 4.69) is 181 Å². The Morgan fingerprint density at radius 1 is 0.482 bits per heavy atom. The first kappa shape index (κ1) is 32.6. The number of fused-ring (bicyclic) bond motifs is 6. The number of allylic oxidation sites excluding steroid dienone is 3. The van der Waals surface area contributed by atoms with Gasteiger partial charge in [0.05, 0.1) is 11.0 Å². The number of thioether (sulfide) groups is 1. The average Bonchev–Trinajstić information content (AvgIpc) is 3.83. The molecule has 4 nitrogen and oxygen atoms in total. The van der Waals surface area contributed by atoms with Gasteiger partial charge in [-0.2, -0.15) is 0 Å². The van der Waals surface area contributed by atoms with Crippen molar-refractivity contribution in [1.82, 2.24) is 19.5 Å². The predicted octanol–water partition coefficient (Wildman–Crippen LogP) is 12.8. The number of hydrogen-bond acceptors (Lipinski definition) is 4. The maximum absolute atomic E-state index is 5.27. The minimum absolute atomic E-state index is 0.281. The lowest BCUT2D eigenvalue weighted by Crippen LogP contribution is -2.14. The highest BCUT2D eigenvalue weighted by Crippen LogP contribution is 2.54. The fourth-order valence-electron chi connectivity index (χ4n) is 8.45. The van der Waals surface area contributed by atoms with Gasteiger partial charge in [-0.25, -0.2) is 15.0 Å². The topological polar surface area (TPSA) is 43.6 Å². The van der Waals surface area contributed by atoms with Gasteiger partial charge in [0.15, 0.2) is 17.5 Å². The van der Waals surface area contributed by atoms with E-state index >= 15 is 0 Å².